The van der Waals surface area contributed by atoms with Crippen LogP contribution in [-0.2, 0) is 4.79 Å². The fourth-order valence-electron chi connectivity index (χ4n) is 3.02. The van der Waals surface area contributed by atoms with Crippen molar-refractivity contribution < 1.29 is 9.59 Å². The zero-order valence-corrected chi connectivity index (χ0v) is 15.8. The van der Waals surface area contributed by atoms with Crippen LogP contribution in [0, 0.1) is 11.8 Å². The highest BCUT2D eigenvalue weighted by atomic mass is 35.5. The molecule has 1 aliphatic rings. The molecule has 3 N–H and O–H groups in total. The van der Waals surface area contributed by atoms with E-state index in [2.05, 4.69) is 16.0 Å². The normalized spacial score (nSPS) is 17.4. The Labute approximate surface area is 154 Å². The molecule has 0 aliphatic carbocycles. The van der Waals surface area contributed by atoms with Crippen molar-refractivity contribution in [2.75, 3.05) is 25.0 Å². The summed E-state index contributed by atoms with van der Waals surface area (Å²) in [5, 5.41) is 9.52. The minimum Gasteiger partial charge on any atom is -0.352 e. The molecule has 6 heteroatoms. The molecule has 2 rings (SSSR count). The summed E-state index contributed by atoms with van der Waals surface area (Å²) >= 11 is 6.16. The van der Waals surface area contributed by atoms with Crippen molar-refractivity contribution in [1.82, 2.24) is 10.6 Å². The minimum absolute atomic E-state index is 0.0616. The number of nitrogens with one attached hydrogen (secondary N) is 3. The summed E-state index contributed by atoms with van der Waals surface area (Å²) < 4.78 is 0. The maximum atomic E-state index is 12.4. The van der Waals surface area contributed by atoms with Crippen molar-refractivity contribution in [3.8, 4) is 0 Å². The number of carbonyl (C=O) groups excluding carboxylic acids is 2. The first kappa shape index (κ1) is 19.7. The van der Waals surface area contributed by atoms with E-state index in [1.807, 2.05) is 13.8 Å². The lowest BCUT2D eigenvalue weighted by molar-refractivity contribution is -0.116. The molecule has 1 atom stereocenters. The van der Waals surface area contributed by atoms with Crippen LogP contribution in [0.3, 0.4) is 0 Å². The van der Waals surface area contributed by atoms with Crippen LogP contribution in [0.1, 0.15) is 49.9 Å². The van der Waals surface area contributed by atoms with E-state index in [4.69, 9.17) is 11.6 Å². The van der Waals surface area contributed by atoms with Crippen LogP contribution in [0.2, 0.25) is 5.02 Å². The molecule has 1 aromatic rings. The van der Waals surface area contributed by atoms with Gasteiger partial charge in [-0.1, -0.05) is 25.4 Å². The summed E-state index contributed by atoms with van der Waals surface area (Å²) in [7, 11) is 0. The van der Waals surface area contributed by atoms with E-state index < -0.39 is 0 Å². The molecule has 1 heterocycles. The second-order valence-corrected chi connectivity index (χ2v) is 7.50. The van der Waals surface area contributed by atoms with Crippen molar-refractivity contribution in [3.05, 3.63) is 28.8 Å². The van der Waals surface area contributed by atoms with Gasteiger partial charge in [-0.25, -0.2) is 0 Å². The number of rotatable bonds is 7. The molecule has 0 aromatic heterocycles. The van der Waals surface area contributed by atoms with Crippen LogP contribution in [0.4, 0.5) is 5.69 Å². The summed E-state index contributed by atoms with van der Waals surface area (Å²) in [6, 6.07) is 5.00. The van der Waals surface area contributed by atoms with Crippen LogP contribution >= 0.6 is 11.6 Å². The first-order valence-electron chi connectivity index (χ1n) is 9.04. The number of carbonyl (C=O) groups is 2. The molecule has 25 heavy (non-hydrogen) atoms. The third-order valence-electron chi connectivity index (χ3n) is 4.33. The van der Waals surface area contributed by atoms with Crippen LogP contribution in [0.15, 0.2) is 18.2 Å². The SMILES string of the molecule is CC(C)CC(=O)Nc1ccc(Cl)c(C(=O)NCCC2CCCNC2)c1. The van der Waals surface area contributed by atoms with E-state index in [1.165, 1.54) is 12.8 Å². The fraction of sp³-hybridized carbons (Fsp3) is 0.579. The van der Waals surface area contributed by atoms with E-state index in [0.29, 0.717) is 35.2 Å². The lowest BCUT2D eigenvalue weighted by Gasteiger charge is -2.22. The lowest BCUT2D eigenvalue weighted by atomic mass is 9.96. The van der Waals surface area contributed by atoms with Gasteiger partial charge in [-0.3, -0.25) is 9.59 Å². The molecular weight excluding hydrogens is 338 g/mol. The second kappa shape index (κ2) is 9.78. The molecule has 0 spiro atoms. The van der Waals surface area contributed by atoms with Gasteiger partial charge in [-0.05, 0) is 62.4 Å². The van der Waals surface area contributed by atoms with E-state index in [0.717, 1.165) is 19.5 Å². The fourth-order valence-corrected chi connectivity index (χ4v) is 3.22. The first-order valence-corrected chi connectivity index (χ1v) is 9.42. The van der Waals surface area contributed by atoms with Crippen LogP contribution < -0.4 is 16.0 Å². The number of hydrogen-bond donors (Lipinski definition) is 3. The molecule has 0 saturated carbocycles. The second-order valence-electron chi connectivity index (χ2n) is 7.10. The highest BCUT2D eigenvalue weighted by molar-refractivity contribution is 6.34. The lowest BCUT2D eigenvalue weighted by Crippen LogP contribution is -2.33. The zero-order chi connectivity index (χ0) is 18.2. The largest absolute Gasteiger partial charge is 0.352 e. The molecule has 0 radical (unpaired) electrons. The van der Waals surface area contributed by atoms with Crippen molar-refractivity contribution >= 4 is 29.1 Å². The minimum atomic E-state index is -0.200. The summed E-state index contributed by atoms with van der Waals surface area (Å²) in [6.45, 7) is 6.72. The maximum absolute atomic E-state index is 12.4. The number of anilines is 1. The van der Waals surface area contributed by atoms with Crippen molar-refractivity contribution in [1.29, 1.82) is 0 Å². The number of piperidine rings is 1. The summed E-state index contributed by atoms with van der Waals surface area (Å²) in [4.78, 5) is 24.3. The monoisotopic (exact) mass is 365 g/mol. The van der Waals surface area contributed by atoms with Gasteiger partial charge in [-0.15, -0.1) is 0 Å². The maximum Gasteiger partial charge on any atom is 0.252 e. The number of halogens is 1. The van der Waals surface area contributed by atoms with E-state index in [9.17, 15) is 9.59 Å². The predicted molar refractivity (Wildman–Crippen MR) is 102 cm³/mol. The zero-order valence-electron chi connectivity index (χ0n) is 15.0. The van der Waals surface area contributed by atoms with Gasteiger partial charge in [0.05, 0.1) is 10.6 Å². The van der Waals surface area contributed by atoms with Gasteiger partial charge in [0.15, 0.2) is 0 Å². The molecule has 5 nitrogen and oxygen atoms in total. The Bertz CT molecular complexity index is 598. The van der Waals surface area contributed by atoms with Gasteiger partial charge < -0.3 is 16.0 Å². The number of amides is 2. The average Bonchev–Trinajstić information content (AvgIpc) is 2.56. The molecule has 1 unspecified atom stereocenters. The van der Waals surface area contributed by atoms with Gasteiger partial charge in [0.1, 0.15) is 0 Å². The van der Waals surface area contributed by atoms with Gasteiger partial charge in [0, 0.05) is 18.7 Å². The van der Waals surface area contributed by atoms with Crippen LogP contribution in [0.5, 0.6) is 0 Å². The standard InChI is InChI=1S/C19H28ClN3O2/c1-13(2)10-18(24)23-15-5-6-17(20)16(11-15)19(25)22-9-7-14-4-3-8-21-12-14/h5-6,11,13-14,21H,3-4,7-10,12H2,1-2H3,(H,22,25)(H,23,24). The summed E-state index contributed by atoms with van der Waals surface area (Å²) in [5.41, 5.74) is 0.988. The Kier molecular flexibility index (Phi) is 7.72. The molecule has 1 fully saturated rings. The molecule has 1 aromatic carbocycles. The van der Waals surface area contributed by atoms with Crippen LogP contribution in [-0.4, -0.2) is 31.4 Å². The first-order chi connectivity index (χ1) is 12.0. The highest BCUT2D eigenvalue weighted by Crippen LogP contribution is 2.21. The van der Waals surface area contributed by atoms with Gasteiger partial charge in [0.25, 0.3) is 5.91 Å². The molecule has 2 amide bonds. The van der Waals surface area contributed by atoms with Gasteiger partial charge in [-0.2, -0.15) is 0 Å². The topological polar surface area (TPSA) is 70.2 Å². The van der Waals surface area contributed by atoms with E-state index >= 15 is 0 Å². The van der Waals surface area contributed by atoms with Crippen molar-refractivity contribution in [3.63, 3.8) is 0 Å². The third kappa shape index (κ3) is 6.67. The smallest absolute Gasteiger partial charge is 0.252 e. The highest BCUT2D eigenvalue weighted by Gasteiger charge is 2.15. The van der Waals surface area contributed by atoms with Gasteiger partial charge >= 0.3 is 0 Å². The van der Waals surface area contributed by atoms with E-state index in [1.54, 1.807) is 18.2 Å². The molecule has 0 bridgehead atoms. The molecule has 138 valence electrons. The van der Waals surface area contributed by atoms with Gasteiger partial charge in [0.2, 0.25) is 5.91 Å². The number of benzene rings is 1. The van der Waals surface area contributed by atoms with Crippen LogP contribution in [0.25, 0.3) is 0 Å². The quantitative estimate of drug-likeness (QED) is 0.693. The Morgan fingerprint density at radius 2 is 2.16 bits per heavy atom. The third-order valence-corrected chi connectivity index (χ3v) is 4.66. The molecule has 1 aliphatic heterocycles. The summed E-state index contributed by atoms with van der Waals surface area (Å²) in [6.07, 6.45) is 3.81. The summed E-state index contributed by atoms with van der Waals surface area (Å²) in [5.74, 6) is 0.637. The Morgan fingerprint density at radius 1 is 1.36 bits per heavy atom. The van der Waals surface area contributed by atoms with Crippen molar-refractivity contribution in [2.24, 2.45) is 11.8 Å². The average molecular weight is 366 g/mol. The molecule has 1 saturated heterocycles. The Balaban J connectivity index is 1.89. The Morgan fingerprint density at radius 3 is 2.84 bits per heavy atom. The number of hydrogen-bond acceptors (Lipinski definition) is 3. The van der Waals surface area contributed by atoms with E-state index in [-0.39, 0.29) is 17.7 Å². The predicted octanol–water partition coefficient (Wildman–Crippen LogP) is 3.44. The van der Waals surface area contributed by atoms with Crippen molar-refractivity contribution in [2.45, 2.75) is 39.5 Å². The molecular formula is C19H28ClN3O2. The Hall–Kier alpha value is -1.59.